The summed E-state index contributed by atoms with van der Waals surface area (Å²) in [6.07, 6.45) is 1.05. The first-order chi connectivity index (χ1) is 11.7. The molecule has 2 rings (SSSR count). The third-order valence-corrected chi connectivity index (χ3v) is 4.99. The number of sulfonamides is 1. The highest BCUT2D eigenvalue weighted by Gasteiger charge is 2.29. The Kier molecular flexibility index (Phi) is 5.92. The van der Waals surface area contributed by atoms with Gasteiger partial charge in [0.2, 0.25) is 15.9 Å². The van der Waals surface area contributed by atoms with E-state index >= 15 is 0 Å². The first-order valence-electron chi connectivity index (χ1n) is 7.42. The Hall–Kier alpha value is -2.25. The molecule has 8 heteroatoms. The highest BCUT2D eigenvalue weighted by atomic mass is 35.5. The third-order valence-electron chi connectivity index (χ3n) is 3.51. The van der Waals surface area contributed by atoms with Gasteiger partial charge in [0.15, 0.2) is 0 Å². The lowest BCUT2D eigenvalue weighted by molar-refractivity contribution is -0.116. The van der Waals surface area contributed by atoms with Gasteiger partial charge in [-0.3, -0.25) is 9.10 Å². The quantitative estimate of drug-likeness (QED) is 0.832. The lowest BCUT2D eigenvalue weighted by Gasteiger charge is -2.28. The molecule has 0 radical (unpaired) electrons. The van der Waals surface area contributed by atoms with Crippen LogP contribution in [0.2, 0.25) is 5.02 Å². The van der Waals surface area contributed by atoms with E-state index in [4.69, 9.17) is 16.3 Å². The smallest absolute Gasteiger partial charge is 0.247 e. The number of nitrogens with one attached hydrogen (secondary N) is 1. The number of hydrogen-bond donors (Lipinski definition) is 1. The number of ether oxygens (including phenoxy) is 1. The van der Waals surface area contributed by atoms with Crippen LogP contribution in [0.3, 0.4) is 0 Å². The van der Waals surface area contributed by atoms with Gasteiger partial charge in [-0.25, -0.2) is 8.42 Å². The average Bonchev–Trinajstić information content (AvgIpc) is 2.54. The molecule has 0 aliphatic carbocycles. The van der Waals surface area contributed by atoms with Gasteiger partial charge < -0.3 is 10.1 Å². The summed E-state index contributed by atoms with van der Waals surface area (Å²) in [4.78, 5) is 12.5. The second-order valence-electron chi connectivity index (χ2n) is 5.43. The second-order valence-corrected chi connectivity index (χ2v) is 7.73. The van der Waals surface area contributed by atoms with Crippen LogP contribution < -0.4 is 14.4 Å². The van der Waals surface area contributed by atoms with E-state index < -0.39 is 22.0 Å². The van der Waals surface area contributed by atoms with Crippen LogP contribution in [0.15, 0.2) is 48.5 Å². The van der Waals surface area contributed by atoms with E-state index in [0.717, 1.165) is 10.6 Å². The number of anilines is 2. The number of rotatable bonds is 6. The molecule has 1 N–H and O–H groups in total. The van der Waals surface area contributed by atoms with Crippen LogP contribution in [0, 0.1) is 0 Å². The average molecular weight is 383 g/mol. The van der Waals surface area contributed by atoms with E-state index in [2.05, 4.69) is 5.32 Å². The minimum absolute atomic E-state index is 0.326. The van der Waals surface area contributed by atoms with Crippen molar-refractivity contribution in [1.29, 1.82) is 0 Å². The Balaban J connectivity index is 2.26. The summed E-state index contributed by atoms with van der Waals surface area (Å²) >= 11 is 5.95. The Morgan fingerprint density at radius 3 is 2.36 bits per heavy atom. The number of halogens is 1. The number of nitrogens with zero attached hydrogens (tertiary/aromatic N) is 1. The van der Waals surface area contributed by atoms with Gasteiger partial charge in [0.25, 0.3) is 0 Å². The van der Waals surface area contributed by atoms with Crippen molar-refractivity contribution in [3.8, 4) is 5.75 Å². The predicted molar refractivity (Wildman–Crippen MR) is 99.9 cm³/mol. The summed E-state index contributed by atoms with van der Waals surface area (Å²) in [6.45, 7) is 1.51. The molecule has 0 fully saturated rings. The molecule has 1 atom stereocenters. The van der Waals surface area contributed by atoms with Gasteiger partial charge in [0, 0.05) is 10.7 Å². The molecule has 2 aromatic carbocycles. The van der Waals surface area contributed by atoms with Crippen LogP contribution >= 0.6 is 11.6 Å². The highest BCUT2D eigenvalue weighted by Crippen LogP contribution is 2.25. The Morgan fingerprint density at radius 1 is 1.20 bits per heavy atom. The molecule has 0 aliphatic heterocycles. The van der Waals surface area contributed by atoms with Gasteiger partial charge in [0.05, 0.1) is 19.1 Å². The van der Waals surface area contributed by atoms with Crippen molar-refractivity contribution in [2.24, 2.45) is 0 Å². The van der Waals surface area contributed by atoms with Crippen molar-refractivity contribution in [2.75, 3.05) is 23.0 Å². The fourth-order valence-corrected chi connectivity index (χ4v) is 3.69. The maximum Gasteiger partial charge on any atom is 0.247 e. The molecule has 0 aliphatic rings. The van der Waals surface area contributed by atoms with Crippen LogP contribution in [-0.2, 0) is 14.8 Å². The minimum Gasteiger partial charge on any atom is -0.497 e. The normalized spacial score (nSPS) is 12.3. The van der Waals surface area contributed by atoms with E-state index in [9.17, 15) is 13.2 Å². The number of carbonyl (C=O) groups is 1. The molecule has 0 unspecified atom stereocenters. The molecule has 6 nitrogen and oxygen atoms in total. The molecule has 134 valence electrons. The number of carbonyl (C=O) groups excluding carboxylic acids is 1. The van der Waals surface area contributed by atoms with E-state index in [1.54, 1.807) is 49.6 Å². The molecular formula is C17H19ClN2O4S. The van der Waals surface area contributed by atoms with Crippen molar-refractivity contribution >= 4 is 38.9 Å². The first kappa shape index (κ1) is 19.1. The maximum atomic E-state index is 12.5. The lowest BCUT2D eigenvalue weighted by atomic mass is 10.2. The van der Waals surface area contributed by atoms with Crippen LogP contribution in [-0.4, -0.2) is 33.7 Å². The summed E-state index contributed by atoms with van der Waals surface area (Å²) in [5, 5.41) is 3.08. The Morgan fingerprint density at radius 2 is 1.84 bits per heavy atom. The largest absolute Gasteiger partial charge is 0.497 e. The number of amides is 1. The van der Waals surface area contributed by atoms with Crippen LogP contribution in [0.4, 0.5) is 11.4 Å². The number of methoxy groups -OCH3 is 1. The van der Waals surface area contributed by atoms with Crippen molar-refractivity contribution < 1.29 is 17.9 Å². The van der Waals surface area contributed by atoms with Crippen molar-refractivity contribution in [2.45, 2.75) is 13.0 Å². The SMILES string of the molecule is COc1ccc(NC(=O)[C@@H](C)N(c2cccc(Cl)c2)S(C)(=O)=O)cc1. The first-order valence-corrected chi connectivity index (χ1v) is 9.65. The zero-order valence-corrected chi connectivity index (χ0v) is 15.6. The molecule has 0 bridgehead atoms. The summed E-state index contributed by atoms with van der Waals surface area (Å²) in [6, 6.07) is 12.1. The fraction of sp³-hybridized carbons (Fsp3) is 0.235. The number of benzene rings is 2. The van der Waals surface area contributed by atoms with Crippen LogP contribution in [0.5, 0.6) is 5.75 Å². The van der Waals surface area contributed by atoms with E-state index in [1.807, 2.05) is 0 Å². The van der Waals surface area contributed by atoms with Gasteiger partial charge in [-0.2, -0.15) is 0 Å². The summed E-state index contributed by atoms with van der Waals surface area (Å²) in [5.41, 5.74) is 0.865. The van der Waals surface area contributed by atoms with Crippen molar-refractivity contribution in [1.82, 2.24) is 0 Å². The molecule has 0 heterocycles. The monoisotopic (exact) mass is 382 g/mol. The number of hydrogen-bond acceptors (Lipinski definition) is 4. The fourth-order valence-electron chi connectivity index (χ4n) is 2.34. The predicted octanol–water partition coefficient (Wildman–Crippen LogP) is 3.14. The standard InChI is InChI=1S/C17H19ClN2O4S/c1-12(17(21)19-14-7-9-16(24-2)10-8-14)20(25(3,22)23)15-6-4-5-13(18)11-15/h4-12H,1-3H3,(H,19,21)/t12-/m1/s1. The zero-order chi connectivity index (χ0) is 18.6. The Labute approximate surface area is 152 Å². The highest BCUT2D eigenvalue weighted by molar-refractivity contribution is 7.92. The van der Waals surface area contributed by atoms with Gasteiger partial charge >= 0.3 is 0 Å². The van der Waals surface area contributed by atoms with Gasteiger partial charge in [-0.15, -0.1) is 0 Å². The zero-order valence-electron chi connectivity index (χ0n) is 14.1. The van der Waals surface area contributed by atoms with Crippen LogP contribution in [0.25, 0.3) is 0 Å². The van der Waals surface area contributed by atoms with Gasteiger partial charge in [-0.05, 0) is 49.4 Å². The molecule has 0 saturated heterocycles. The molecule has 0 spiro atoms. The van der Waals surface area contributed by atoms with Gasteiger partial charge in [-0.1, -0.05) is 17.7 Å². The molecule has 0 aromatic heterocycles. The van der Waals surface area contributed by atoms with E-state index in [-0.39, 0.29) is 0 Å². The van der Waals surface area contributed by atoms with E-state index in [1.165, 1.54) is 13.0 Å². The molecular weight excluding hydrogens is 364 g/mol. The minimum atomic E-state index is -3.69. The maximum absolute atomic E-state index is 12.5. The van der Waals surface area contributed by atoms with Gasteiger partial charge in [0.1, 0.15) is 11.8 Å². The lowest BCUT2D eigenvalue weighted by Crippen LogP contribution is -2.45. The Bertz CT molecular complexity index is 853. The van der Waals surface area contributed by atoms with Crippen molar-refractivity contribution in [3.05, 3.63) is 53.6 Å². The molecule has 2 aromatic rings. The second kappa shape index (κ2) is 7.76. The molecule has 0 saturated carbocycles. The van der Waals surface area contributed by atoms with Crippen LogP contribution in [0.1, 0.15) is 6.92 Å². The molecule has 25 heavy (non-hydrogen) atoms. The van der Waals surface area contributed by atoms with Crippen molar-refractivity contribution in [3.63, 3.8) is 0 Å². The van der Waals surface area contributed by atoms with E-state index in [0.29, 0.717) is 22.1 Å². The summed E-state index contributed by atoms with van der Waals surface area (Å²) in [5.74, 6) is 0.193. The topological polar surface area (TPSA) is 75.7 Å². The molecule has 1 amide bonds. The summed E-state index contributed by atoms with van der Waals surface area (Å²) < 4.78 is 30.5. The summed E-state index contributed by atoms with van der Waals surface area (Å²) in [7, 11) is -2.14. The third kappa shape index (κ3) is 4.87.